The van der Waals surface area contributed by atoms with Gasteiger partial charge in [0.2, 0.25) is 5.91 Å². The molecule has 1 aromatic heterocycles. The number of tetrazole rings is 1. The lowest BCUT2D eigenvalue weighted by Gasteiger charge is -2.08. The predicted octanol–water partition coefficient (Wildman–Crippen LogP) is 3.36. The van der Waals surface area contributed by atoms with Crippen LogP contribution in [0, 0.1) is 13.8 Å². The van der Waals surface area contributed by atoms with E-state index in [0.717, 1.165) is 26.9 Å². The maximum atomic E-state index is 12.3. The fourth-order valence-electron chi connectivity index (χ4n) is 2.28. The number of rotatable bonds is 4. The first-order valence-corrected chi connectivity index (χ1v) is 8.21. The smallest absolute Gasteiger partial charge is 0.246 e. The van der Waals surface area contributed by atoms with Gasteiger partial charge in [-0.05, 0) is 48.0 Å². The summed E-state index contributed by atoms with van der Waals surface area (Å²) in [6.07, 6.45) is 0. The standard InChI is InChI=1S/C17H16BrN5O/c1-11-3-5-13(6-4-11)17-20-21-22-23(17)10-16(24)19-14-7-8-15(18)12(2)9-14/h3-9H,10H2,1-2H3,(H,19,24). The molecule has 3 rings (SSSR count). The third-order valence-corrected chi connectivity index (χ3v) is 4.47. The minimum Gasteiger partial charge on any atom is -0.324 e. The number of carbonyl (C=O) groups excluding carboxylic acids is 1. The molecule has 0 atom stereocenters. The van der Waals surface area contributed by atoms with Crippen LogP contribution in [-0.2, 0) is 11.3 Å². The highest BCUT2D eigenvalue weighted by molar-refractivity contribution is 9.10. The molecule has 1 N–H and O–H groups in total. The van der Waals surface area contributed by atoms with Gasteiger partial charge in [-0.25, -0.2) is 4.68 Å². The van der Waals surface area contributed by atoms with Crippen molar-refractivity contribution in [2.75, 3.05) is 5.32 Å². The molecule has 1 amide bonds. The molecular weight excluding hydrogens is 370 g/mol. The maximum absolute atomic E-state index is 12.3. The molecule has 6 nitrogen and oxygen atoms in total. The quantitative estimate of drug-likeness (QED) is 0.747. The molecule has 0 saturated heterocycles. The SMILES string of the molecule is Cc1ccc(-c2nnnn2CC(=O)Nc2ccc(Br)c(C)c2)cc1. The molecule has 2 aromatic carbocycles. The van der Waals surface area contributed by atoms with E-state index in [-0.39, 0.29) is 12.5 Å². The van der Waals surface area contributed by atoms with Crippen LogP contribution in [0.1, 0.15) is 11.1 Å². The molecule has 0 unspecified atom stereocenters. The Morgan fingerprint density at radius 2 is 1.92 bits per heavy atom. The van der Waals surface area contributed by atoms with Gasteiger partial charge in [0, 0.05) is 15.7 Å². The first-order chi connectivity index (χ1) is 11.5. The largest absolute Gasteiger partial charge is 0.324 e. The molecule has 7 heteroatoms. The minimum atomic E-state index is -0.183. The van der Waals surface area contributed by atoms with E-state index >= 15 is 0 Å². The Hall–Kier alpha value is -2.54. The van der Waals surface area contributed by atoms with Gasteiger partial charge in [-0.1, -0.05) is 45.8 Å². The second kappa shape index (κ2) is 6.92. The van der Waals surface area contributed by atoms with Crippen molar-refractivity contribution in [3.05, 3.63) is 58.1 Å². The highest BCUT2D eigenvalue weighted by Gasteiger charge is 2.12. The molecule has 24 heavy (non-hydrogen) atoms. The molecule has 0 saturated carbocycles. The van der Waals surface area contributed by atoms with Crippen molar-refractivity contribution < 1.29 is 4.79 Å². The lowest BCUT2D eigenvalue weighted by atomic mass is 10.1. The lowest BCUT2D eigenvalue weighted by molar-refractivity contribution is -0.116. The van der Waals surface area contributed by atoms with Crippen LogP contribution in [0.3, 0.4) is 0 Å². The van der Waals surface area contributed by atoms with Crippen LogP contribution >= 0.6 is 15.9 Å². The summed E-state index contributed by atoms with van der Waals surface area (Å²) in [5.74, 6) is 0.384. The zero-order valence-electron chi connectivity index (χ0n) is 13.3. The van der Waals surface area contributed by atoms with Crippen LogP contribution < -0.4 is 5.32 Å². The van der Waals surface area contributed by atoms with E-state index in [1.807, 2.05) is 56.3 Å². The number of carbonyl (C=O) groups is 1. The molecule has 0 radical (unpaired) electrons. The fourth-order valence-corrected chi connectivity index (χ4v) is 2.53. The number of aromatic nitrogens is 4. The van der Waals surface area contributed by atoms with Gasteiger partial charge in [0.25, 0.3) is 0 Å². The van der Waals surface area contributed by atoms with Gasteiger partial charge in [-0.2, -0.15) is 0 Å². The maximum Gasteiger partial charge on any atom is 0.246 e. The summed E-state index contributed by atoms with van der Waals surface area (Å²) in [5.41, 5.74) is 3.82. The van der Waals surface area contributed by atoms with E-state index in [9.17, 15) is 4.79 Å². The highest BCUT2D eigenvalue weighted by Crippen LogP contribution is 2.20. The average molecular weight is 386 g/mol. The molecular formula is C17H16BrN5O. The molecule has 0 spiro atoms. The van der Waals surface area contributed by atoms with Crippen molar-refractivity contribution >= 4 is 27.5 Å². The Morgan fingerprint density at radius 1 is 1.17 bits per heavy atom. The Balaban J connectivity index is 1.74. The molecule has 122 valence electrons. The lowest BCUT2D eigenvalue weighted by Crippen LogP contribution is -2.20. The summed E-state index contributed by atoms with van der Waals surface area (Å²) >= 11 is 3.44. The van der Waals surface area contributed by atoms with Crippen LogP contribution in [0.5, 0.6) is 0 Å². The predicted molar refractivity (Wildman–Crippen MR) is 95.5 cm³/mol. The zero-order valence-corrected chi connectivity index (χ0v) is 14.9. The first-order valence-electron chi connectivity index (χ1n) is 7.42. The number of amides is 1. The number of nitrogens with one attached hydrogen (secondary N) is 1. The molecule has 0 aliphatic carbocycles. The first kappa shape index (κ1) is 16.3. The van der Waals surface area contributed by atoms with Crippen molar-refractivity contribution in [2.45, 2.75) is 20.4 Å². The van der Waals surface area contributed by atoms with Gasteiger partial charge in [-0.3, -0.25) is 4.79 Å². The van der Waals surface area contributed by atoms with Crippen molar-refractivity contribution in [2.24, 2.45) is 0 Å². The Kier molecular flexibility index (Phi) is 4.71. The van der Waals surface area contributed by atoms with Crippen LogP contribution in [0.15, 0.2) is 46.9 Å². The number of benzene rings is 2. The van der Waals surface area contributed by atoms with E-state index in [1.165, 1.54) is 4.68 Å². The van der Waals surface area contributed by atoms with E-state index in [0.29, 0.717) is 5.82 Å². The molecule has 0 fully saturated rings. The summed E-state index contributed by atoms with van der Waals surface area (Å²) in [6, 6.07) is 13.5. The van der Waals surface area contributed by atoms with Crippen molar-refractivity contribution in [1.29, 1.82) is 0 Å². The van der Waals surface area contributed by atoms with Gasteiger partial charge in [0.05, 0.1) is 0 Å². The van der Waals surface area contributed by atoms with E-state index < -0.39 is 0 Å². The van der Waals surface area contributed by atoms with Crippen molar-refractivity contribution in [3.8, 4) is 11.4 Å². The molecule has 3 aromatic rings. The Bertz CT molecular complexity index is 873. The van der Waals surface area contributed by atoms with Crippen LogP contribution in [-0.4, -0.2) is 26.1 Å². The van der Waals surface area contributed by atoms with Crippen LogP contribution in [0.2, 0.25) is 0 Å². The number of halogens is 1. The monoisotopic (exact) mass is 385 g/mol. The number of anilines is 1. The Morgan fingerprint density at radius 3 is 2.62 bits per heavy atom. The highest BCUT2D eigenvalue weighted by atomic mass is 79.9. The Labute approximate surface area is 148 Å². The molecule has 0 aliphatic rings. The minimum absolute atomic E-state index is 0.0469. The number of hydrogen-bond donors (Lipinski definition) is 1. The van der Waals surface area contributed by atoms with Gasteiger partial charge in [0.1, 0.15) is 6.54 Å². The summed E-state index contributed by atoms with van der Waals surface area (Å²) in [4.78, 5) is 12.3. The zero-order chi connectivity index (χ0) is 17.1. The summed E-state index contributed by atoms with van der Waals surface area (Å²) in [6.45, 7) is 4.03. The number of hydrogen-bond acceptors (Lipinski definition) is 4. The summed E-state index contributed by atoms with van der Waals surface area (Å²) in [7, 11) is 0. The normalized spacial score (nSPS) is 10.6. The van der Waals surface area contributed by atoms with Gasteiger partial charge in [0.15, 0.2) is 5.82 Å². The fraction of sp³-hybridized carbons (Fsp3) is 0.176. The molecule has 0 aliphatic heterocycles. The van der Waals surface area contributed by atoms with Crippen molar-refractivity contribution in [1.82, 2.24) is 20.2 Å². The number of nitrogens with zero attached hydrogens (tertiary/aromatic N) is 4. The van der Waals surface area contributed by atoms with Crippen molar-refractivity contribution in [3.63, 3.8) is 0 Å². The summed E-state index contributed by atoms with van der Waals surface area (Å²) in [5, 5.41) is 14.5. The topological polar surface area (TPSA) is 72.7 Å². The van der Waals surface area contributed by atoms with E-state index in [1.54, 1.807) is 0 Å². The van der Waals surface area contributed by atoms with Crippen LogP contribution in [0.25, 0.3) is 11.4 Å². The third-order valence-electron chi connectivity index (χ3n) is 3.58. The summed E-state index contributed by atoms with van der Waals surface area (Å²) < 4.78 is 2.49. The molecule has 0 bridgehead atoms. The number of aryl methyl sites for hydroxylation is 2. The van der Waals surface area contributed by atoms with Gasteiger partial charge in [-0.15, -0.1) is 5.10 Å². The second-order valence-electron chi connectivity index (χ2n) is 5.54. The van der Waals surface area contributed by atoms with Gasteiger partial charge < -0.3 is 5.32 Å². The van der Waals surface area contributed by atoms with E-state index in [4.69, 9.17) is 0 Å². The average Bonchev–Trinajstić information content (AvgIpc) is 2.99. The van der Waals surface area contributed by atoms with E-state index in [2.05, 4.69) is 36.8 Å². The molecule has 1 heterocycles. The second-order valence-corrected chi connectivity index (χ2v) is 6.39. The third kappa shape index (κ3) is 3.68. The van der Waals surface area contributed by atoms with Gasteiger partial charge >= 0.3 is 0 Å². The van der Waals surface area contributed by atoms with Crippen LogP contribution in [0.4, 0.5) is 5.69 Å².